The highest BCUT2D eigenvalue weighted by Gasteiger charge is 2.06. The third-order valence-electron chi connectivity index (χ3n) is 1.90. The van der Waals surface area contributed by atoms with Crippen molar-refractivity contribution >= 4 is 5.82 Å². The maximum Gasteiger partial charge on any atom is 0.134 e. The van der Waals surface area contributed by atoms with E-state index in [2.05, 4.69) is 9.97 Å². The zero-order valence-corrected chi connectivity index (χ0v) is 8.34. The second-order valence-electron chi connectivity index (χ2n) is 3.20. The quantitative estimate of drug-likeness (QED) is 0.631. The second-order valence-corrected chi connectivity index (χ2v) is 3.20. The van der Waals surface area contributed by atoms with Gasteiger partial charge in [-0.1, -0.05) is 0 Å². The van der Waals surface area contributed by atoms with Crippen LogP contribution in [0.2, 0.25) is 0 Å². The predicted octanol–water partition coefficient (Wildman–Crippen LogP) is 1.47. The van der Waals surface area contributed by atoms with Gasteiger partial charge in [0.25, 0.3) is 0 Å². The summed E-state index contributed by atoms with van der Waals surface area (Å²) in [5, 5.41) is 0. The number of nitrogens with zero attached hydrogens (tertiary/aromatic N) is 3. The zero-order valence-electron chi connectivity index (χ0n) is 8.34. The van der Waals surface area contributed by atoms with Crippen LogP contribution in [0.25, 0.3) is 0 Å². The normalized spacial score (nSPS) is 10.1. The Labute approximate surface area is 73.5 Å². The fourth-order valence-corrected chi connectivity index (χ4v) is 1.19. The molecule has 0 atom stereocenters. The minimum Gasteiger partial charge on any atom is -0.362 e. The first-order chi connectivity index (χ1) is 5.52. The predicted molar refractivity (Wildman–Crippen MR) is 50.6 cm³/mol. The third-order valence-corrected chi connectivity index (χ3v) is 1.90. The molecule has 0 spiro atoms. The van der Waals surface area contributed by atoms with Gasteiger partial charge in [-0.2, -0.15) is 0 Å². The molecule has 0 aliphatic carbocycles. The Kier molecular flexibility index (Phi) is 2.31. The number of anilines is 1. The Bertz CT molecular complexity index is 292. The van der Waals surface area contributed by atoms with Gasteiger partial charge in [0, 0.05) is 25.4 Å². The van der Waals surface area contributed by atoms with Crippen LogP contribution in [0.5, 0.6) is 0 Å². The molecular weight excluding hydrogens is 150 g/mol. The molecule has 0 radical (unpaired) electrons. The molecule has 1 heterocycles. The minimum atomic E-state index is 0.835. The van der Waals surface area contributed by atoms with Crippen molar-refractivity contribution in [2.75, 3.05) is 19.0 Å². The average Bonchev–Trinajstić information content (AvgIpc) is 1.96. The van der Waals surface area contributed by atoms with Gasteiger partial charge >= 0.3 is 0 Å². The van der Waals surface area contributed by atoms with E-state index < -0.39 is 0 Å². The molecule has 66 valence electrons. The third kappa shape index (κ3) is 1.55. The smallest absolute Gasteiger partial charge is 0.134 e. The van der Waals surface area contributed by atoms with E-state index in [1.54, 1.807) is 0 Å². The van der Waals surface area contributed by atoms with E-state index in [1.807, 2.05) is 39.8 Å². The maximum absolute atomic E-state index is 4.35. The molecule has 0 saturated heterocycles. The Balaban J connectivity index is 3.28. The van der Waals surface area contributed by atoms with Gasteiger partial charge in [-0.05, 0) is 20.8 Å². The molecule has 12 heavy (non-hydrogen) atoms. The van der Waals surface area contributed by atoms with Crippen molar-refractivity contribution < 1.29 is 0 Å². The second kappa shape index (κ2) is 3.09. The molecule has 3 heteroatoms. The van der Waals surface area contributed by atoms with Crippen molar-refractivity contribution in [3.05, 3.63) is 17.1 Å². The summed E-state index contributed by atoms with van der Waals surface area (Å²) in [6, 6.07) is 0. The van der Waals surface area contributed by atoms with Gasteiger partial charge in [0.05, 0.1) is 0 Å². The van der Waals surface area contributed by atoms with Crippen molar-refractivity contribution in [3.63, 3.8) is 0 Å². The van der Waals surface area contributed by atoms with Gasteiger partial charge in [-0.15, -0.1) is 0 Å². The van der Waals surface area contributed by atoms with Gasteiger partial charge in [0.1, 0.15) is 11.6 Å². The lowest BCUT2D eigenvalue weighted by Crippen LogP contribution is -2.14. The van der Waals surface area contributed by atoms with E-state index in [0.717, 1.165) is 22.9 Å². The van der Waals surface area contributed by atoms with Crippen molar-refractivity contribution in [2.45, 2.75) is 20.8 Å². The Morgan fingerprint density at radius 3 is 2.08 bits per heavy atom. The van der Waals surface area contributed by atoms with Gasteiger partial charge < -0.3 is 4.90 Å². The summed E-state index contributed by atoms with van der Waals surface area (Å²) in [6.07, 6.45) is 0. The number of aromatic nitrogens is 2. The summed E-state index contributed by atoms with van der Waals surface area (Å²) < 4.78 is 0. The van der Waals surface area contributed by atoms with Crippen LogP contribution in [0.1, 0.15) is 17.1 Å². The first-order valence-electron chi connectivity index (χ1n) is 4.01. The molecule has 0 saturated carbocycles. The topological polar surface area (TPSA) is 29.0 Å². The highest BCUT2D eigenvalue weighted by Crippen LogP contribution is 2.16. The molecule has 3 nitrogen and oxygen atoms in total. The Hall–Kier alpha value is -1.12. The zero-order chi connectivity index (χ0) is 9.30. The SMILES string of the molecule is Cc1nc(C)c(C)c(N(C)C)n1. The Morgan fingerprint density at radius 2 is 1.58 bits per heavy atom. The van der Waals surface area contributed by atoms with E-state index in [4.69, 9.17) is 0 Å². The summed E-state index contributed by atoms with van der Waals surface area (Å²) in [4.78, 5) is 10.6. The maximum atomic E-state index is 4.35. The molecule has 0 bridgehead atoms. The fourth-order valence-electron chi connectivity index (χ4n) is 1.19. The summed E-state index contributed by atoms with van der Waals surface area (Å²) in [5.41, 5.74) is 2.22. The minimum absolute atomic E-state index is 0.835. The number of aryl methyl sites for hydroxylation is 2. The van der Waals surface area contributed by atoms with E-state index in [-0.39, 0.29) is 0 Å². The fraction of sp³-hybridized carbons (Fsp3) is 0.556. The standard InChI is InChI=1S/C9H15N3/c1-6-7(2)10-8(3)11-9(6)12(4)5/h1-5H3. The van der Waals surface area contributed by atoms with Crippen LogP contribution in [-0.4, -0.2) is 24.1 Å². The summed E-state index contributed by atoms with van der Waals surface area (Å²) in [6.45, 7) is 5.97. The molecule has 1 aromatic heterocycles. The molecule has 0 unspecified atom stereocenters. The van der Waals surface area contributed by atoms with Crippen LogP contribution in [0, 0.1) is 20.8 Å². The van der Waals surface area contributed by atoms with Gasteiger partial charge in [-0.25, -0.2) is 9.97 Å². The van der Waals surface area contributed by atoms with E-state index >= 15 is 0 Å². The van der Waals surface area contributed by atoms with E-state index in [0.29, 0.717) is 0 Å². The highest BCUT2D eigenvalue weighted by atomic mass is 15.2. The first kappa shape index (κ1) is 8.97. The molecular formula is C9H15N3. The molecule has 0 aromatic carbocycles. The van der Waals surface area contributed by atoms with E-state index in [1.165, 1.54) is 0 Å². The number of hydrogen-bond acceptors (Lipinski definition) is 3. The van der Waals surface area contributed by atoms with Crippen molar-refractivity contribution in [1.29, 1.82) is 0 Å². The Morgan fingerprint density at radius 1 is 1.00 bits per heavy atom. The summed E-state index contributed by atoms with van der Waals surface area (Å²) in [5.74, 6) is 1.85. The van der Waals surface area contributed by atoms with E-state index in [9.17, 15) is 0 Å². The molecule has 0 fully saturated rings. The number of rotatable bonds is 1. The lowest BCUT2D eigenvalue weighted by Gasteiger charge is -2.15. The molecule has 0 aliphatic heterocycles. The van der Waals surface area contributed by atoms with Crippen LogP contribution in [0.4, 0.5) is 5.82 Å². The van der Waals surface area contributed by atoms with Gasteiger partial charge in [0.2, 0.25) is 0 Å². The van der Waals surface area contributed by atoms with Crippen LogP contribution >= 0.6 is 0 Å². The largest absolute Gasteiger partial charge is 0.362 e. The molecule has 0 amide bonds. The highest BCUT2D eigenvalue weighted by molar-refractivity contribution is 5.46. The monoisotopic (exact) mass is 165 g/mol. The van der Waals surface area contributed by atoms with Crippen molar-refractivity contribution in [1.82, 2.24) is 9.97 Å². The number of hydrogen-bond donors (Lipinski definition) is 0. The lowest BCUT2D eigenvalue weighted by atomic mass is 10.2. The van der Waals surface area contributed by atoms with Crippen LogP contribution in [0.15, 0.2) is 0 Å². The first-order valence-corrected chi connectivity index (χ1v) is 4.01. The van der Waals surface area contributed by atoms with Crippen molar-refractivity contribution in [2.24, 2.45) is 0 Å². The summed E-state index contributed by atoms with van der Waals surface area (Å²) >= 11 is 0. The average molecular weight is 165 g/mol. The molecule has 0 N–H and O–H groups in total. The van der Waals surface area contributed by atoms with Crippen molar-refractivity contribution in [3.8, 4) is 0 Å². The lowest BCUT2D eigenvalue weighted by molar-refractivity contribution is 0.941. The summed E-state index contributed by atoms with van der Waals surface area (Å²) in [7, 11) is 3.99. The van der Waals surface area contributed by atoms with Crippen LogP contribution in [0.3, 0.4) is 0 Å². The van der Waals surface area contributed by atoms with Gasteiger partial charge in [0.15, 0.2) is 0 Å². The molecule has 1 aromatic rings. The molecule has 1 rings (SSSR count). The molecule has 0 aliphatic rings. The van der Waals surface area contributed by atoms with Crippen LogP contribution in [-0.2, 0) is 0 Å². The van der Waals surface area contributed by atoms with Gasteiger partial charge in [-0.3, -0.25) is 0 Å². The van der Waals surface area contributed by atoms with Crippen LogP contribution < -0.4 is 4.90 Å².